The zero-order chi connectivity index (χ0) is 23.7. The van der Waals surface area contributed by atoms with E-state index in [1.54, 1.807) is 7.11 Å². The number of piperazine rings is 1. The topological polar surface area (TPSA) is 75.0 Å². The van der Waals surface area contributed by atoms with Gasteiger partial charge >= 0.3 is 5.97 Å². The maximum absolute atomic E-state index is 11.8. The Morgan fingerprint density at radius 3 is 2.76 bits per heavy atom. The summed E-state index contributed by atoms with van der Waals surface area (Å²) in [6, 6.07) is 6.28. The molecule has 0 N–H and O–H groups in total. The van der Waals surface area contributed by atoms with E-state index in [1.807, 2.05) is 18.2 Å². The van der Waals surface area contributed by atoms with Crippen molar-refractivity contribution < 1.29 is 19.0 Å². The van der Waals surface area contributed by atoms with E-state index < -0.39 is 6.10 Å². The number of nitriles is 1. The average molecular weight is 462 g/mol. The first-order valence-corrected chi connectivity index (χ1v) is 12.0. The zero-order valence-corrected chi connectivity index (χ0v) is 19.9. The number of hydrogen-bond acceptors (Lipinski definition) is 7. The van der Waals surface area contributed by atoms with Gasteiger partial charge in [-0.1, -0.05) is 18.2 Å². The Labute approximate surface area is 200 Å². The Morgan fingerprint density at radius 1 is 1.21 bits per heavy atom. The summed E-state index contributed by atoms with van der Waals surface area (Å²) in [6.45, 7) is 8.13. The molecule has 1 fully saturated rings. The number of carbonyl (C=O) groups excluding carboxylic acids is 1. The number of benzene rings is 1. The molecule has 178 valence electrons. The van der Waals surface area contributed by atoms with Crippen molar-refractivity contribution in [3.05, 3.63) is 69.7 Å². The van der Waals surface area contributed by atoms with Crippen molar-refractivity contribution in [3.63, 3.8) is 0 Å². The number of methoxy groups -OCH3 is 1. The largest absolute Gasteiger partial charge is 0.500 e. The summed E-state index contributed by atoms with van der Waals surface area (Å²) in [7, 11) is 1.69. The van der Waals surface area contributed by atoms with Crippen LogP contribution in [0, 0.1) is 24.2 Å². The van der Waals surface area contributed by atoms with E-state index in [2.05, 4.69) is 34.9 Å². The molecule has 0 spiro atoms. The van der Waals surface area contributed by atoms with Crippen LogP contribution in [0.15, 0.2) is 47.5 Å². The molecule has 3 heterocycles. The van der Waals surface area contributed by atoms with Crippen LogP contribution < -0.4 is 0 Å². The number of cyclic esters (lactones) is 1. The summed E-state index contributed by atoms with van der Waals surface area (Å²) >= 11 is 0. The van der Waals surface area contributed by atoms with Gasteiger partial charge in [-0.25, -0.2) is 4.79 Å². The molecular formula is C27H31N3O4. The highest BCUT2D eigenvalue weighted by atomic mass is 16.5. The molecule has 7 heteroatoms. The van der Waals surface area contributed by atoms with Crippen molar-refractivity contribution in [2.45, 2.75) is 32.5 Å². The van der Waals surface area contributed by atoms with Crippen molar-refractivity contribution in [1.82, 2.24) is 9.80 Å². The van der Waals surface area contributed by atoms with Gasteiger partial charge in [0.1, 0.15) is 24.2 Å². The molecule has 4 aliphatic rings. The van der Waals surface area contributed by atoms with E-state index in [4.69, 9.17) is 14.2 Å². The van der Waals surface area contributed by atoms with Gasteiger partial charge in [-0.2, -0.15) is 5.26 Å². The van der Waals surface area contributed by atoms with E-state index in [-0.39, 0.29) is 11.9 Å². The first kappa shape index (κ1) is 22.7. The molecule has 2 atom stereocenters. The van der Waals surface area contributed by atoms with Gasteiger partial charge in [0.15, 0.2) is 6.10 Å². The minimum absolute atomic E-state index is 0.0981. The highest BCUT2D eigenvalue weighted by Crippen LogP contribution is 2.38. The van der Waals surface area contributed by atoms with Crippen molar-refractivity contribution in [2.24, 2.45) is 5.92 Å². The second-order valence-corrected chi connectivity index (χ2v) is 9.35. The van der Waals surface area contributed by atoms with Crippen molar-refractivity contribution >= 4 is 5.97 Å². The Kier molecular flexibility index (Phi) is 6.44. The summed E-state index contributed by atoms with van der Waals surface area (Å²) in [5, 5.41) is 9.52. The number of hydrogen-bond donors (Lipinski definition) is 0. The monoisotopic (exact) mass is 461 g/mol. The molecule has 0 amide bonds. The highest BCUT2D eigenvalue weighted by Gasteiger charge is 2.34. The number of esters is 1. The van der Waals surface area contributed by atoms with Gasteiger partial charge in [-0.15, -0.1) is 0 Å². The van der Waals surface area contributed by atoms with Crippen LogP contribution in [0.25, 0.3) is 0 Å². The van der Waals surface area contributed by atoms with Gasteiger partial charge in [-0.05, 0) is 36.6 Å². The predicted octanol–water partition coefficient (Wildman–Crippen LogP) is 3.11. The number of ether oxygens (including phenoxy) is 3. The fourth-order valence-electron chi connectivity index (χ4n) is 5.40. The number of allylic oxidation sites excluding steroid dienone is 4. The molecule has 1 aliphatic carbocycles. The first-order valence-electron chi connectivity index (χ1n) is 12.0. The molecule has 1 saturated heterocycles. The maximum Gasteiger partial charge on any atom is 0.338 e. The van der Waals surface area contributed by atoms with Crippen LogP contribution in [0.4, 0.5) is 0 Å². The summed E-state index contributed by atoms with van der Waals surface area (Å²) in [5.41, 5.74) is 5.39. The molecule has 34 heavy (non-hydrogen) atoms. The third-order valence-electron chi connectivity index (χ3n) is 7.50. The lowest BCUT2D eigenvalue weighted by Gasteiger charge is -2.38. The van der Waals surface area contributed by atoms with E-state index in [0.29, 0.717) is 13.0 Å². The molecule has 1 aromatic carbocycles. The van der Waals surface area contributed by atoms with Gasteiger partial charge in [0, 0.05) is 56.2 Å². The van der Waals surface area contributed by atoms with E-state index in [0.717, 1.165) is 73.9 Å². The smallest absolute Gasteiger partial charge is 0.338 e. The second-order valence-electron chi connectivity index (χ2n) is 9.35. The second kappa shape index (κ2) is 9.65. The van der Waals surface area contributed by atoms with Gasteiger partial charge in [0.05, 0.1) is 19.2 Å². The van der Waals surface area contributed by atoms with Crippen LogP contribution in [0.2, 0.25) is 0 Å². The molecule has 0 saturated carbocycles. The Balaban J connectivity index is 1.17. The zero-order valence-electron chi connectivity index (χ0n) is 19.9. The van der Waals surface area contributed by atoms with Crippen molar-refractivity contribution in [2.75, 3.05) is 46.4 Å². The SMILES string of the molecule is COC1=CC=CC2=C(CN3CCN(CCc4ccc5c(c4C)COC5=O)CC3)OC(C#N)CC12. The molecule has 5 rings (SSSR count). The van der Waals surface area contributed by atoms with E-state index >= 15 is 0 Å². The van der Waals surface area contributed by atoms with Crippen LogP contribution in [-0.4, -0.2) is 68.3 Å². The van der Waals surface area contributed by atoms with Gasteiger partial charge in [0.25, 0.3) is 0 Å². The molecular weight excluding hydrogens is 430 g/mol. The fourth-order valence-corrected chi connectivity index (χ4v) is 5.40. The molecule has 3 aliphatic heterocycles. The van der Waals surface area contributed by atoms with Crippen molar-refractivity contribution in [1.29, 1.82) is 5.26 Å². The third kappa shape index (κ3) is 4.36. The minimum atomic E-state index is -0.439. The van der Waals surface area contributed by atoms with E-state index in [9.17, 15) is 10.1 Å². The summed E-state index contributed by atoms with van der Waals surface area (Å²) in [4.78, 5) is 16.7. The van der Waals surface area contributed by atoms with E-state index in [1.165, 1.54) is 11.1 Å². The average Bonchev–Trinajstić information content (AvgIpc) is 3.25. The molecule has 2 unspecified atom stereocenters. The summed E-state index contributed by atoms with van der Waals surface area (Å²) in [6.07, 6.45) is 7.25. The maximum atomic E-state index is 11.8. The number of carbonyl (C=O) groups is 1. The lowest BCUT2D eigenvalue weighted by atomic mass is 9.85. The van der Waals surface area contributed by atoms with Gasteiger partial charge in [0.2, 0.25) is 0 Å². The lowest BCUT2D eigenvalue weighted by molar-refractivity contribution is 0.0535. The van der Waals surface area contributed by atoms with Gasteiger partial charge in [-0.3, -0.25) is 4.90 Å². The van der Waals surface area contributed by atoms with Crippen LogP contribution in [0.1, 0.15) is 33.5 Å². The Morgan fingerprint density at radius 2 is 2.00 bits per heavy atom. The Bertz CT molecular complexity index is 1110. The molecule has 0 aromatic heterocycles. The summed E-state index contributed by atoms with van der Waals surface area (Å²) in [5.74, 6) is 1.70. The molecule has 0 bridgehead atoms. The van der Waals surface area contributed by atoms with Crippen LogP contribution in [0.3, 0.4) is 0 Å². The van der Waals surface area contributed by atoms with Crippen LogP contribution in [-0.2, 0) is 27.2 Å². The Hall–Kier alpha value is -3.08. The molecule has 0 radical (unpaired) electrons. The van der Waals surface area contributed by atoms with Crippen LogP contribution in [0.5, 0.6) is 0 Å². The first-order chi connectivity index (χ1) is 16.6. The van der Waals surface area contributed by atoms with Crippen LogP contribution >= 0.6 is 0 Å². The quantitative estimate of drug-likeness (QED) is 0.603. The number of rotatable bonds is 6. The normalized spacial score (nSPS) is 24.6. The molecule has 1 aromatic rings. The van der Waals surface area contributed by atoms with Crippen molar-refractivity contribution in [3.8, 4) is 6.07 Å². The number of nitrogens with zero attached hydrogens (tertiary/aromatic N) is 3. The predicted molar refractivity (Wildman–Crippen MR) is 127 cm³/mol. The number of fused-ring (bicyclic) bond motifs is 2. The highest BCUT2D eigenvalue weighted by molar-refractivity contribution is 5.93. The standard InChI is InChI=1S/C27H31N3O4/c1-18-19(6-7-22-24(18)17-33-27(22)31)8-9-29-10-12-30(13-11-29)16-26-21-4-3-5-25(32-2)23(21)14-20(15-28)34-26/h3-7,20,23H,8-14,16-17H2,1-2H3. The third-order valence-corrected chi connectivity index (χ3v) is 7.50. The lowest BCUT2D eigenvalue weighted by Crippen LogP contribution is -2.48. The minimum Gasteiger partial charge on any atom is -0.500 e. The summed E-state index contributed by atoms with van der Waals surface area (Å²) < 4.78 is 16.8. The van der Waals surface area contributed by atoms with Gasteiger partial charge < -0.3 is 19.1 Å². The fraction of sp³-hybridized carbons (Fsp3) is 0.481. The molecule has 7 nitrogen and oxygen atoms in total.